The molecule has 0 radical (unpaired) electrons. The van der Waals surface area contributed by atoms with Gasteiger partial charge in [-0.1, -0.05) is 30.3 Å². The number of nitrogens with zero attached hydrogens (tertiary/aromatic N) is 1. The number of carbonyl (C=O) groups excluding carboxylic acids is 1. The minimum absolute atomic E-state index is 0.0256. The van der Waals surface area contributed by atoms with E-state index in [1.54, 1.807) is 13.0 Å². The first-order chi connectivity index (χ1) is 11.1. The van der Waals surface area contributed by atoms with Gasteiger partial charge in [0, 0.05) is 18.7 Å². The average molecular weight is 314 g/mol. The first kappa shape index (κ1) is 16.6. The predicted molar refractivity (Wildman–Crippen MR) is 86.9 cm³/mol. The molecule has 0 atom stereocenters. The monoisotopic (exact) mass is 314 g/mol. The van der Waals surface area contributed by atoms with Crippen LogP contribution in [0.5, 0.6) is 0 Å². The van der Waals surface area contributed by atoms with Crippen LogP contribution < -0.4 is 5.32 Å². The summed E-state index contributed by atoms with van der Waals surface area (Å²) in [6.45, 7) is 2.47. The molecule has 0 saturated heterocycles. The highest BCUT2D eigenvalue weighted by Crippen LogP contribution is 2.27. The number of carbonyl (C=O) groups is 1. The zero-order valence-corrected chi connectivity index (χ0v) is 12.8. The van der Waals surface area contributed by atoms with E-state index in [9.17, 15) is 14.9 Å². The summed E-state index contributed by atoms with van der Waals surface area (Å²) in [6.07, 6.45) is 0. The second-order valence-electron chi connectivity index (χ2n) is 4.87. The third-order valence-electron chi connectivity index (χ3n) is 3.27. The summed E-state index contributed by atoms with van der Waals surface area (Å²) < 4.78 is 4.85. The normalized spacial score (nSPS) is 10.3. The second kappa shape index (κ2) is 8.05. The Balaban J connectivity index is 2.21. The average Bonchev–Trinajstić information content (AvgIpc) is 2.56. The van der Waals surface area contributed by atoms with Gasteiger partial charge < -0.3 is 10.1 Å². The quantitative estimate of drug-likeness (QED) is 0.483. The highest BCUT2D eigenvalue weighted by Gasteiger charge is 2.12. The molecule has 0 spiro atoms. The first-order valence-electron chi connectivity index (χ1n) is 7.31. The fourth-order valence-corrected chi connectivity index (χ4v) is 2.25. The van der Waals surface area contributed by atoms with Crippen LogP contribution in [0.4, 0.5) is 5.69 Å². The lowest BCUT2D eigenvalue weighted by Crippen LogP contribution is -2.24. The van der Waals surface area contributed by atoms with E-state index in [1.165, 1.54) is 12.1 Å². The standard InChI is InChI=1S/C17H18N2O4/c1-2-23-17(20)12-18-11-14-10-15(19(21)22)8-9-16(14)13-6-4-3-5-7-13/h3-10,18H,2,11-12H2,1H3. The molecule has 0 aliphatic rings. The van der Waals surface area contributed by atoms with Crippen molar-refractivity contribution in [3.8, 4) is 11.1 Å². The van der Waals surface area contributed by atoms with Crippen molar-refractivity contribution in [2.24, 2.45) is 0 Å². The van der Waals surface area contributed by atoms with Crippen LogP contribution in [0.25, 0.3) is 11.1 Å². The Kier molecular flexibility index (Phi) is 5.82. The molecule has 0 fully saturated rings. The molecule has 6 nitrogen and oxygen atoms in total. The Morgan fingerprint density at radius 2 is 1.96 bits per heavy atom. The number of benzene rings is 2. The van der Waals surface area contributed by atoms with E-state index >= 15 is 0 Å². The first-order valence-corrected chi connectivity index (χ1v) is 7.31. The smallest absolute Gasteiger partial charge is 0.319 e. The maximum atomic E-state index is 11.4. The van der Waals surface area contributed by atoms with Crippen LogP contribution in [0.15, 0.2) is 48.5 Å². The van der Waals surface area contributed by atoms with Crippen molar-refractivity contribution in [1.82, 2.24) is 5.32 Å². The molecule has 0 bridgehead atoms. The van der Waals surface area contributed by atoms with E-state index in [4.69, 9.17) is 4.74 Å². The third-order valence-corrected chi connectivity index (χ3v) is 3.27. The molecule has 0 aromatic heterocycles. The van der Waals surface area contributed by atoms with Crippen molar-refractivity contribution in [3.05, 3.63) is 64.2 Å². The lowest BCUT2D eigenvalue weighted by molar-refractivity contribution is -0.384. The Labute approximate surface area is 134 Å². The molecule has 2 aromatic rings. The summed E-state index contributed by atoms with van der Waals surface area (Å²) in [7, 11) is 0. The number of nitro benzene ring substituents is 1. The third kappa shape index (κ3) is 4.62. The van der Waals surface area contributed by atoms with Crippen molar-refractivity contribution in [2.45, 2.75) is 13.5 Å². The molecule has 23 heavy (non-hydrogen) atoms. The molecule has 120 valence electrons. The van der Waals surface area contributed by atoms with Crippen molar-refractivity contribution in [3.63, 3.8) is 0 Å². The predicted octanol–water partition coefficient (Wildman–Crippen LogP) is 2.91. The van der Waals surface area contributed by atoms with E-state index in [2.05, 4.69) is 5.32 Å². The summed E-state index contributed by atoms with van der Waals surface area (Å²) in [5, 5.41) is 13.9. The molecular formula is C17H18N2O4. The Morgan fingerprint density at radius 3 is 2.61 bits per heavy atom. The molecular weight excluding hydrogens is 296 g/mol. The minimum Gasteiger partial charge on any atom is -0.465 e. The highest BCUT2D eigenvalue weighted by atomic mass is 16.6. The number of nitro groups is 1. The summed E-state index contributed by atoms with van der Waals surface area (Å²) in [5.41, 5.74) is 2.65. The van der Waals surface area contributed by atoms with E-state index in [-0.39, 0.29) is 18.2 Å². The van der Waals surface area contributed by atoms with Crippen molar-refractivity contribution in [2.75, 3.05) is 13.2 Å². The fraction of sp³-hybridized carbons (Fsp3) is 0.235. The molecule has 0 unspecified atom stereocenters. The summed E-state index contributed by atoms with van der Waals surface area (Å²) in [4.78, 5) is 21.9. The van der Waals surface area contributed by atoms with Crippen LogP contribution in [-0.2, 0) is 16.1 Å². The number of hydrogen-bond donors (Lipinski definition) is 1. The molecule has 0 aliphatic heterocycles. The van der Waals surface area contributed by atoms with Gasteiger partial charge in [-0.15, -0.1) is 0 Å². The Hall–Kier alpha value is -2.73. The summed E-state index contributed by atoms with van der Waals surface area (Å²) in [6, 6.07) is 14.4. The van der Waals surface area contributed by atoms with Gasteiger partial charge in [-0.25, -0.2) is 0 Å². The summed E-state index contributed by atoms with van der Waals surface area (Å²) >= 11 is 0. The maximum absolute atomic E-state index is 11.4. The van der Waals surface area contributed by atoms with E-state index in [1.807, 2.05) is 30.3 Å². The van der Waals surface area contributed by atoms with Crippen LogP contribution in [0.3, 0.4) is 0 Å². The van der Waals surface area contributed by atoms with Gasteiger partial charge in [0.25, 0.3) is 5.69 Å². The number of rotatable bonds is 7. The van der Waals surface area contributed by atoms with Crippen molar-refractivity contribution >= 4 is 11.7 Å². The summed E-state index contributed by atoms with van der Waals surface area (Å²) in [5.74, 6) is -0.348. The number of ether oxygens (including phenoxy) is 1. The number of esters is 1. The van der Waals surface area contributed by atoms with Gasteiger partial charge in [-0.3, -0.25) is 14.9 Å². The van der Waals surface area contributed by atoms with Gasteiger partial charge in [0.05, 0.1) is 18.1 Å². The largest absolute Gasteiger partial charge is 0.465 e. The van der Waals surface area contributed by atoms with Crippen LogP contribution in [0.1, 0.15) is 12.5 Å². The van der Waals surface area contributed by atoms with Crippen LogP contribution >= 0.6 is 0 Å². The molecule has 0 saturated carbocycles. The van der Waals surface area contributed by atoms with Crippen LogP contribution in [0, 0.1) is 10.1 Å². The van der Waals surface area contributed by atoms with E-state index < -0.39 is 4.92 Å². The maximum Gasteiger partial charge on any atom is 0.319 e. The highest BCUT2D eigenvalue weighted by molar-refractivity contribution is 5.72. The minimum atomic E-state index is -0.427. The van der Waals surface area contributed by atoms with Crippen molar-refractivity contribution in [1.29, 1.82) is 0 Å². The van der Waals surface area contributed by atoms with Crippen LogP contribution in [0.2, 0.25) is 0 Å². The van der Waals surface area contributed by atoms with Gasteiger partial charge in [0.2, 0.25) is 0 Å². The second-order valence-corrected chi connectivity index (χ2v) is 4.87. The number of nitrogens with one attached hydrogen (secondary N) is 1. The molecule has 0 heterocycles. The number of hydrogen-bond acceptors (Lipinski definition) is 5. The zero-order valence-electron chi connectivity index (χ0n) is 12.8. The fourth-order valence-electron chi connectivity index (χ4n) is 2.25. The van der Waals surface area contributed by atoms with Crippen molar-refractivity contribution < 1.29 is 14.5 Å². The molecule has 0 amide bonds. The van der Waals surface area contributed by atoms with Gasteiger partial charge in [-0.2, -0.15) is 0 Å². The van der Waals surface area contributed by atoms with Gasteiger partial charge in [0.15, 0.2) is 0 Å². The molecule has 2 rings (SSSR count). The molecule has 6 heteroatoms. The molecule has 0 aliphatic carbocycles. The SMILES string of the molecule is CCOC(=O)CNCc1cc([N+](=O)[O-])ccc1-c1ccccc1. The van der Waals surface area contributed by atoms with Gasteiger partial charge >= 0.3 is 5.97 Å². The zero-order chi connectivity index (χ0) is 16.7. The molecule has 1 N–H and O–H groups in total. The lowest BCUT2D eigenvalue weighted by atomic mass is 9.99. The topological polar surface area (TPSA) is 81.5 Å². The van der Waals surface area contributed by atoms with E-state index in [0.717, 1.165) is 16.7 Å². The van der Waals surface area contributed by atoms with Crippen LogP contribution in [-0.4, -0.2) is 24.0 Å². The Morgan fingerprint density at radius 1 is 1.22 bits per heavy atom. The van der Waals surface area contributed by atoms with Gasteiger partial charge in [0.1, 0.15) is 0 Å². The Bertz CT molecular complexity index is 686. The number of non-ortho nitro benzene ring substituents is 1. The molecule has 2 aromatic carbocycles. The lowest BCUT2D eigenvalue weighted by Gasteiger charge is -2.11. The van der Waals surface area contributed by atoms with Gasteiger partial charge in [-0.05, 0) is 29.7 Å². The van der Waals surface area contributed by atoms with E-state index in [0.29, 0.717) is 13.2 Å².